The molecule has 0 aromatic carbocycles. The molecule has 1 spiro atoms. The van der Waals surface area contributed by atoms with E-state index in [0.29, 0.717) is 19.6 Å². The molecule has 0 bridgehead atoms. The summed E-state index contributed by atoms with van der Waals surface area (Å²) in [6.45, 7) is 7.35. The van der Waals surface area contributed by atoms with Gasteiger partial charge >= 0.3 is 0 Å². The third-order valence-electron chi connectivity index (χ3n) is 3.92. The Balaban J connectivity index is 2.12. The molecule has 1 heterocycles. The van der Waals surface area contributed by atoms with Crippen LogP contribution < -0.4 is 0 Å². The molecule has 112 valence electrons. The molecule has 2 fully saturated rings. The van der Waals surface area contributed by atoms with Gasteiger partial charge in [-0.2, -0.15) is 8.42 Å². The van der Waals surface area contributed by atoms with E-state index in [1.165, 1.54) is 0 Å². The summed E-state index contributed by atoms with van der Waals surface area (Å²) in [5.41, 5.74) is -0.430. The highest BCUT2D eigenvalue weighted by Crippen LogP contribution is 2.53. The maximum Gasteiger partial charge on any atom is 0.264 e. The quantitative estimate of drug-likeness (QED) is 0.741. The van der Waals surface area contributed by atoms with E-state index in [0.717, 1.165) is 19.1 Å². The number of hydrogen-bond donors (Lipinski definition) is 0. The molecule has 0 amide bonds. The Hall–Kier alpha value is -0.170. The van der Waals surface area contributed by atoms with E-state index in [1.54, 1.807) is 0 Å². The zero-order valence-electron chi connectivity index (χ0n) is 12.1. The number of hydrogen-bond acceptors (Lipinski definition) is 5. The van der Waals surface area contributed by atoms with Gasteiger partial charge in [-0.15, -0.1) is 0 Å². The number of rotatable bonds is 3. The first-order chi connectivity index (χ1) is 8.62. The van der Waals surface area contributed by atoms with Gasteiger partial charge in [-0.05, 0) is 33.6 Å². The summed E-state index contributed by atoms with van der Waals surface area (Å²) in [5, 5.41) is 0. The van der Waals surface area contributed by atoms with Gasteiger partial charge in [0.1, 0.15) is 0 Å². The lowest BCUT2D eigenvalue weighted by molar-refractivity contribution is -0.241. The van der Waals surface area contributed by atoms with Gasteiger partial charge in [-0.25, -0.2) is 0 Å². The second kappa shape index (κ2) is 4.98. The molecule has 19 heavy (non-hydrogen) atoms. The molecule has 0 radical (unpaired) electrons. The monoisotopic (exact) mass is 292 g/mol. The van der Waals surface area contributed by atoms with Crippen molar-refractivity contribution in [3.05, 3.63) is 0 Å². The molecule has 6 heteroatoms. The molecule has 0 aromatic heterocycles. The van der Waals surface area contributed by atoms with Crippen molar-refractivity contribution >= 4 is 10.1 Å². The Kier molecular flexibility index (Phi) is 3.99. The molecule has 0 aromatic rings. The summed E-state index contributed by atoms with van der Waals surface area (Å²) >= 11 is 0. The van der Waals surface area contributed by atoms with E-state index in [1.807, 2.05) is 20.8 Å². The summed E-state index contributed by atoms with van der Waals surface area (Å²) < 4.78 is 39.4. The molecule has 1 saturated carbocycles. The highest BCUT2D eigenvalue weighted by molar-refractivity contribution is 7.86. The molecule has 1 aliphatic heterocycles. The van der Waals surface area contributed by atoms with E-state index >= 15 is 0 Å². The molecule has 0 N–H and O–H groups in total. The zero-order valence-corrected chi connectivity index (χ0v) is 13.0. The van der Waals surface area contributed by atoms with E-state index in [4.69, 9.17) is 13.7 Å². The van der Waals surface area contributed by atoms with Crippen molar-refractivity contribution in [1.29, 1.82) is 0 Å². The molecule has 2 aliphatic rings. The Labute approximate surface area is 115 Å². The average molecular weight is 292 g/mol. The van der Waals surface area contributed by atoms with Crippen LogP contribution >= 0.6 is 0 Å². The van der Waals surface area contributed by atoms with Crippen molar-refractivity contribution < 1.29 is 22.1 Å². The average Bonchev–Trinajstić information content (AvgIpc) is 2.25. The summed E-state index contributed by atoms with van der Waals surface area (Å²) in [7, 11) is -3.42. The van der Waals surface area contributed by atoms with Crippen LogP contribution in [-0.4, -0.2) is 45.7 Å². The van der Waals surface area contributed by atoms with Crippen molar-refractivity contribution in [2.24, 2.45) is 5.41 Å². The highest BCUT2D eigenvalue weighted by atomic mass is 32.2. The summed E-state index contributed by atoms with van der Waals surface area (Å²) in [6.07, 6.45) is 3.14. The minimum absolute atomic E-state index is 0.0585. The third-order valence-corrected chi connectivity index (χ3v) is 4.50. The van der Waals surface area contributed by atoms with Gasteiger partial charge < -0.3 is 9.47 Å². The maximum atomic E-state index is 11.4. The van der Waals surface area contributed by atoms with Gasteiger partial charge in [0.05, 0.1) is 24.1 Å². The Morgan fingerprint density at radius 3 is 2.21 bits per heavy atom. The Morgan fingerprint density at radius 2 is 1.74 bits per heavy atom. The fraction of sp³-hybridized carbons (Fsp3) is 1.00. The zero-order chi connectivity index (χ0) is 14.3. The van der Waals surface area contributed by atoms with Gasteiger partial charge in [-0.3, -0.25) is 4.18 Å². The van der Waals surface area contributed by atoms with Gasteiger partial charge in [-0.1, -0.05) is 0 Å². The lowest BCUT2D eigenvalue weighted by Crippen LogP contribution is -2.63. The maximum absolute atomic E-state index is 11.4. The molecule has 5 nitrogen and oxygen atoms in total. The lowest BCUT2D eigenvalue weighted by Gasteiger charge is -2.57. The molecular weight excluding hydrogens is 268 g/mol. The largest absolute Gasteiger partial charge is 0.381 e. The van der Waals surface area contributed by atoms with Crippen molar-refractivity contribution in [2.75, 3.05) is 19.5 Å². The van der Waals surface area contributed by atoms with Crippen LogP contribution in [0.4, 0.5) is 0 Å². The standard InChI is InChI=1S/C13H24O5S/c1-12(2,3)17-10-9-11(18-19(4,14)15)13(10)5-7-16-8-6-13/h10-11H,5-9H2,1-4H3/t10-,11+/m1/s1. The van der Waals surface area contributed by atoms with Crippen molar-refractivity contribution in [3.8, 4) is 0 Å². The molecular formula is C13H24O5S. The predicted octanol–water partition coefficient (Wildman–Crippen LogP) is 1.72. The normalized spacial score (nSPS) is 31.2. The summed E-state index contributed by atoms with van der Waals surface area (Å²) in [6, 6.07) is 0. The van der Waals surface area contributed by atoms with Gasteiger partial charge in [0.15, 0.2) is 0 Å². The molecule has 1 saturated heterocycles. The molecule has 2 rings (SSSR count). The van der Waals surface area contributed by atoms with Crippen LogP contribution in [0.25, 0.3) is 0 Å². The second-order valence-electron chi connectivity index (χ2n) is 6.59. The Morgan fingerprint density at radius 1 is 1.16 bits per heavy atom. The first-order valence-corrected chi connectivity index (χ1v) is 8.58. The fourth-order valence-corrected chi connectivity index (χ4v) is 3.74. The van der Waals surface area contributed by atoms with Crippen LogP contribution in [0, 0.1) is 5.41 Å². The van der Waals surface area contributed by atoms with Crippen LogP contribution in [0.1, 0.15) is 40.0 Å². The van der Waals surface area contributed by atoms with Gasteiger partial charge in [0.25, 0.3) is 10.1 Å². The smallest absolute Gasteiger partial charge is 0.264 e. The summed E-state index contributed by atoms with van der Waals surface area (Å²) in [5.74, 6) is 0. The third kappa shape index (κ3) is 3.48. The van der Waals surface area contributed by atoms with E-state index < -0.39 is 10.1 Å². The van der Waals surface area contributed by atoms with Crippen LogP contribution in [0.3, 0.4) is 0 Å². The van der Waals surface area contributed by atoms with E-state index in [-0.39, 0.29) is 23.2 Å². The highest BCUT2D eigenvalue weighted by Gasteiger charge is 2.59. The first-order valence-electron chi connectivity index (χ1n) is 6.76. The second-order valence-corrected chi connectivity index (χ2v) is 8.19. The van der Waals surface area contributed by atoms with Crippen molar-refractivity contribution in [3.63, 3.8) is 0 Å². The molecule has 1 aliphatic carbocycles. The van der Waals surface area contributed by atoms with E-state index in [9.17, 15) is 8.42 Å². The lowest BCUT2D eigenvalue weighted by atomic mass is 9.59. The fourth-order valence-electron chi connectivity index (χ4n) is 3.04. The van der Waals surface area contributed by atoms with Crippen LogP contribution in [0.15, 0.2) is 0 Å². The van der Waals surface area contributed by atoms with Crippen LogP contribution in [-0.2, 0) is 23.8 Å². The minimum Gasteiger partial charge on any atom is -0.381 e. The molecule has 2 atom stereocenters. The van der Waals surface area contributed by atoms with E-state index in [2.05, 4.69) is 0 Å². The SMILES string of the molecule is CC(C)(C)O[C@@H]1C[C@H](OS(C)(=O)=O)C12CCOCC2. The minimum atomic E-state index is -3.42. The Bertz CT molecular complexity index is 417. The first kappa shape index (κ1) is 15.2. The van der Waals surface area contributed by atoms with Gasteiger partial charge in [0, 0.05) is 25.0 Å². The van der Waals surface area contributed by atoms with Crippen molar-refractivity contribution in [1.82, 2.24) is 0 Å². The molecule has 0 unspecified atom stereocenters. The predicted molar refractivity (Wildman–Crippen MR) is 71.4 cm³/mol. The summed E-state index contributed by atoms with van der Waals surface area (Å²) in [4.78, 5) is 0. The van der Waals surface area contributed by atoms with Gasteiger partial charge in [0.2, 0.25) is 0 Å². The topological polar surface area (TPSA) is 61.8 Å². The van der Waals surface area contributed by atoms with Crippen LogP contribution in [0.5, 0.6) is 0 Å². The van der Waals surface area contributed by atoms with Crippen LogP contribution in [0.2, 0.25) is 0 Å². The number of ether oxygens (including phenoxy) is 2. The van der Waals surface area contributed by atoms with Crippen molar-refractivity contribution in [2.45, 2.75) is 57.8 Å².